The summed E-state index contributed by atoms with van der Waals surface area (Å²) in [6.45, 7) is 7.90. The van der Waals surface area contributed by atoms with E-state index in [-0.39, 0.29) is 23.7 Å². The molecule has 1 heterocycles. The molecule has 1 aliphatic heterocycles. The van der Waals surface area contributed by atoms with Gasteiger partial charge >= 0.3 is 0 Å². The summed E-state index contributed by atoms with van der Waals surface area (Å²) in [5, 5.41) is 25.1. The maximum atomic E-state index is 13.0. The molecule has 0 bridgehead atoms. The van der Waals surface area contributed by atoms with Crippen LogP contribution in [0.5, 0.6) is 0 Å². The smallest absolute Gasteiger partial charge is 0.251 e. The maximum absolute atomic E-state index is 13.0. The molecular weight excluding hydrogens is 416 g/mol. The van der Waals surface area contributed by atoms with E-state index < -0.39 is 23.7 Å². The molecule has 1 unspecified atom stereocenters. The van der Waals surface area contributed by atoms with Crippen LogP contribution in [0.1, 0.15) is 73.2 Å². The van der Waals surface area contributed by atoms with Crippen molar-refractivity contribution in [2.75, 3.05) is 0 Å². The molecule has 0 saturated carbocycles. The largest absolute Gasteiger partial charge is 0.390 e. The van der Waals surface area contributed by atoms with E-state index in [1.165, 1.54) is 4.90 Å². The van der Waals surface area contributed by atoms with Crippen molar-refractivity contribution in [2.24, 2.45) is 5.92 Å². The molecular formula is C26H32N4O3. The van der Waals surface area contributed by atoms with Crippen LogP contribution in [0.2, 0.25) is 0 Å². The number of aliphatic hydroxyl groups is 1. The highest BCUT2D eigenvalue weighted by atomic mass is 16.3. The van der Waals surface area contributed by atoms with Crippen LogP contribution >= 0.6 is 0 Å². The third kappa shape index (κ3) is 4.25. The molecule has 0 radical (unpaired) electrons. The molecule has 2 aliphatic rings. The Kier molecular flexibility index (Phi) is 6.01. The number of fused-ring (bicyclic) bond motifs is 1. The number of rotatable bonds is 5. The Hall–Kier alpha value is -3.19. The molecule has 4 N–H and O–H groups in total. The van der Waals surface area contributed by atoms with Gasteiger partial charge in [0.25, 0.3) is 5.91 Å². The molecule has 4 atom stereocenters. The summed E-state index contributed by atoms with van der Waals surface area (Å²) >= 11 is 0. The fourth-order valence-electron chi connectivity index (χ4n) is 4.72. The first-order chi connectivity index (χ1) is 15.6. The Morgan fingerprint density at radius 3 is 2.64 bits per heavy atom. The zero-order chi connectivity index (χ0) is 23.9. The first-order valence-electron chi connectivity index (χ1n) is 11.5. The Balaban J connectivity index is 1.52. The lowest BCUT2D eigenvalue weighted by molar-refractivity contribution is -0.132. The fraction of sp³-hybridized carbons (Fsp3) is 0.423. The van der Waals surface area contributed by atoms with Crippen LogP contribution in [0, 0.1) is 11.3 Å². The van der Waals surface area contributed by atoms with E-state index in [4.69, 9.17) is 5.41 Å². The van der Waals surface area contributed by atoms with Crippen molar-refractivity contribution in [1.82, 2.24) is 15.5 Å². The van der Waals surface area contributed by atoms with E-state index in [1.54, 1.807) is 18.2 Å². The summed E-state index contributed by atoms with van der Waals surface area (Å²) in [4.78, 5) is 27.5. The number of carbonyl (C=O) groups is 2. The molecule has 4 rings (SSSR count). The van der Waals surface area contributed by atoms with Gasteiger partial charge in [0.15, 0.2) is 5.96 Å². The molecule has 0 spiro atoms. The molecule has 0 aromatic heterocycles. The number of amides is 2. The normalized spacial score (nSPS) is 25.6. The van der Waals surface area contributed by atoms with Crippen LogP contribution in [0.3, 0.4) is 0 Å². The van der Waals surface area contributed by atoms with E-state index in [9.17, 15) is 14.7 Å². The molecule has 7 heteroatoms. The number of guanidine groups is 1. The van der Waals surface area contributed by atoms with E-state index in [0.717, 1.165) is 16.7 Å². The highest BCUT2D eigenvalue weighted by Gasteiger charge is 2.42. The number of carbonyl (C=O) groups excluding carboxylic acids is 2. The van der Waals surface area contributed by atoms with Crippen molar-refractivity contribution < 1.29 is 14.7 Å². The van der Waals surface area contributed by atoms with Crippen LogP contribution in [-0.2, 0) is 11.2 Å². The van der Waals surface area contributed by atoms with E-state index in [0.29, 0.717) is 18.4 Å². The maximum Gasteiger partial charge on any atom is 0.251 e. The van der Waals surface area contributed by atoms with E-state index >= 15 is 0 Å². The van der Waals surface area contributed by atoms with Crippen LogP contribution in [0.25, 0.3) is 0 Å². The van der Waals surface area contributed by atoms with Crippen molar-refractivity contribution in [3.8, 4) is 0 Å². The first kappa shape index (κ1) is 23.0. The minimum absolute atomic E-state index is 0.0792. The van der Waals surface area contributed by atoms with Crippen molar-refractivity contribution >= 4 is 17.8 Å². The molecule has 2 aromatic carbocycles. The molecule has 1 saturated heterocycles. The summed E-state index contributed by atoms with van der Waals surface area (Å²) in [6.07, 6.45) is 0.150. The van der Waals surface area contributed by atoms with Crippen LogP contribution in [-0.4, -0.2) is 39.4 Å². The molecule has 33 heavy (non-hydrogen) atoms. The summed E-state index contributed by atoms with van der Waals surface area (Å²) in [6, 6.07) is 14.0. The highest BCUT2D eigenvalue weighted by Crippen LogP contribution is 2.33. The summed E-state index contributed by atoms with van der Waals surface area (Å²) < 4.78 is 0. The van der Waals surface area contributed by atoms with Crippen molar-refractivity contribution in [2.45, 2.75) is 64.3 Å². The first-order valence-corrected chi connectivity index (χ1v) is 11.5. The number of aliphatic hydroxyl groups excluding tert-OH is 1. The van der Waals surface area contributed by atoms with Gasteiger partial charge in [0.1, 0.15) is 0 Å². The van der Waals surface area contributed by atoms with E-state index in [1.807, 2.05) is 58.0 Å². The molecule has 1 fully saturated rings. The SMILES string of the molecule is CC(c1cccc(C(=O)N[C@@H]2c3ccccc3C[C@H]2O)c1)N1C(=N)N[C@](C)(C(C)C)CC1=O. The van der Waals surface area contributed by atoms with Gasteiger partial charge in [0.2, 0.25) is 5.91 Å². The summed E-state index contributed by atoms with van der Waals surface area (Å²) in [5.74, 6) is -0.115. The molecule has 174 valence electrons. The molecule has 1 aliphatic carbocycles. The van der Waals surface area contributed by atoms with Crippen LogP contribution in [0.15, 0.2) is 48.5 Å². The Bertz CT molecular complexity index is 1080. The second-order valence-electron chi connectivity index (χ2n) is 9.71. The lowest BCUT2D eigenvalue weighted by Gasteiger charge is -2.45. The molecule has 2 amide bonds. The fourth-order valence-corrected chi connectivity index (χ4v) is 4.72. The van der Waals surface area contributed by atoms with Crippen LogP contribution in [0.4, 0.5) is 0 Å². The van der Waals surface area contributed by atoms with Gasteiger partial charge in [-0.15, -0.1) is 0 Å². The number of benzene rings is 2. The number of nitrogens with one attached hydrogen (secondary N) is 3. The van der Waals surface area contributed by atoms with Gasteiger partial charge in [-0.25, -0.2) is 0 Å². The quantitative estimate of drug-likeness (QED) is 0.563. The topological polar surface area (TPSA) is 106 Å². The van der Waals surface area contributed by atoms with Crippen molar-refractivity contribution in [1.29, 1.82) is 5.41 Å². The Morgan fingerprint density at radius 1 is 1.21 bits per heavy atom. The average Bonchev–Trinajstić information content (AvgIpc) is 3.08. The second kappa shape index (κ2) is 8.63. The van der Waals surface area contributed by atoms with Gasteiger partial charge < -0.3 is 15.7 Å². The van der Waals surface area contributed by atoms with Gasteiger partial charge in [-0.2, -0.15) is 0 Å². The van der Waals surface area contributed by atoms with Gasteiger partial charge in [-0.3, -0.25) is 19.9 Å². The van der Waals surface area contributed by atoms with Crippen LogP contribution < -0.4 is 10.6 Å². The lowest BCUT2D eigenvalue weighted by Crippen LogP contribution is -2.63. The predicted octanol–water partition coefficient (Wildman–Crippen LogP) is 3.31. The summed E-state index contributed by atoms with van der Waals surface area (Å²) in [7, 11) is 0. The Labute approximate surface area is 194 Å². The Morgan fingerprint density at radius 2 is 1.94 bits per heavy atom. The third-order valence-corrected chi connectivity index (χ3v) is 7.22. The van der Waals surface area contributed by atoms with Crippen molar-refractivity contribution in [3.05, 3.63) is 70.8 Å². The van der Waals surface area contributed by atoms with Gasteiger partial charge in [0, 0.05) is 17.5 Å². The lowest BCUT2D eigenvalue weighted by atomic mass is 9.83. The third-order valence-electron chi connectivity index (χ3n) is 7.22. The zero-order valence-electron chi connectivity index (χ0n) is 19.6. The van der Waals surface area contributed by atoms with E-state index in [2.05, 4.69) is 10.6 Å². The minimum atomic E-state index is -0.666. The molecule has 2 aromatic rings. The average molecular weight is 449 g/mol. The standard InChI is InChI=1S/C26H32N4O3/c1-15(2)26(4)14-22(32)30(25(27)29-26)16(3)17-9-7-10-19(12-17)24(33)28-23-20-11-6-5-8-18(20)13-21(23)31/h5-12,15-16,21,23,31H,13-14H2,1-4H3,(H2,27,29)(H,28,33)/t16?,21-,23-,26+/m1/s1. The highest BCUT2D eigenvalue weighted by molar-refractivity contribution is 6.00. The zero-order valence-corrected chi connectivity index (χ0v) is 19.6. The number of hydrogen-bond donors (Lipinski definition) is 4. The van der Waals surface area contributed by atoms with Crippen molar-refractivity contribution in [3.63, 3.8) is 0 Å². The monoisotopic (exact) mass is 448 g/mol. The summed E-state index contributed by atoms with van der Waals surface area (Å²) in [5.41, 5.74) is 2.75. The second-order valence-corrected chi connectivity index (χ2v) is 9.71. The number of hydrogen-bond acceptors (Lipinski definition) is 4. The van der Waals surface area contributed by atoms with Gasteiger partial charge in [-0.05, 0) is 48.6 Å². The van der Waals surface area contributed by atoms with Gasteiger partial charge in [-0.1, -0.05) is 50.2 Å². The number of nitrogens with zero attached hydrogens (tertiary/aromatic N) is 1. The molecule has 7 nitrogen and oxygen atoms in total. The predicted molar refractivity (Wildman–Crippen MR) is 127 cm³/mol. The minimum Gasteiger partial charge on any atom is -0.390 e. The van der Waals surface area contributed by atoms with Gasteiger partial charge in [0.05, 0.1) is 24.6 Å².